The lowest BCUT2D eigenvalue weighted by molar-refractivity contribution is 0.458. The van der Waals surface area contributed by atoms with E-state index in [9.17, 15) is 8.42 Å². The van der Waals surface area contributed by atoms with Crippen LogP contribution in [0.15, 0.2) is 37.6 Å². The summed E-state index contributed by atoms with van der Waals surface area (Å²) in [7, 11) is -0.192. The topological polar surface area (TPSA) is 62.6 Å². The average Bonchev–Trinajstić information content (AvgIpc) is 3.06. The van der Waals surface area contributed by atoms with Gasteiger partial charge in [-0.3, -0.25) is 0 Å². The molecule has 0 saturated heterocycles. The lowest BCUT2D eigenvalue weighted by atomic mass is 10.3. The first-order chi connectivity index (χ1) is 9.95. The Labute approximate surface area is 137 Å². The molecule has 0 aliphatic rings. The highest BCUT2D eigenvalue weighted by atomic mass is 79.9. The Morgan fingerprint density at radius 2 is 2.24 bits per heavy atom. The summed E-state index contributed by atoms with van der Waals surface area (Å²) >= 11 is 4.81. The van der Waals surface area contributed by atoms with Crippen molar-refractivity contribution in [2.24, 2.45) is 0 Å². The molecule has 0 fully saturated rings. The number of likely N-dealkylation sites (N-methyl/N-ethyl adjacent to an activating group) is 1. The average molecular weight is 393 g/mol. The number of hydrogen-bond donors (Lipinski definition) is 1. The van der Waals surface area contributed by atoms with Gasteiger partial charge in [-0.15, -0.1) is 11.3 Å². The van der Waals surface area contributed by atoms with Crippen LogP contribution in [0.4, 0.5) is 0 Å². The van der Waals surface area contributed by atoms with E-state index < -0.39 is 10.0 Å². The van der Waals surface area contributed by atoms with Gasteiger partial charge in [0.2, 0.25) is 10.0 Å². The summed E-state index contributed by atoms with van der Waals surface area (Å²) < 4.78 is 32.1. The van der Waals surface area contributed by atoms with E-state index in [2.05, 4.69) is 21.2 Å². The van der Waals surface area contributed by atoms with Crippen molar-refractivity contribution >= 4 is 37.3 Å². The Morgan fingerprint density at radius 3 is 2.86 bits per heavy atom. The fourth-order valence-electron chi connectivity index (χ4n) is 1.85. The lowest BCUT2D eigenvalue weighted by Crippen LogP contribution is -2.28. The van der Waals surface area contributed by atoms with Crippen LogP contribution in [0.5, 0.6) is 0 Å². The van der Waals surface area contributed by atoms with Crippen molar-refractivity contribution in [1.29, 1.82) is 0 Å². The minimum absolute atomic E-state index is 0.168. The van der Waals surface area contributed by atoms with Crippen LogP contribution in [0.2, 0.25) is 0 Å². The van der Waals surface area contributed by atoms with Crippen LogP contribution in [-0.2, 0) is 23.0 Å². The van der Waals surface area contributed by atoms with Gasteiger partial charge in [-0.05, 0) is 40.8 Å². The molecule has 5 nitrogen and oxygen atoms in total. The van der Waals surface area contributed by atoms with Crippen molar-refractivity contribution in [3.8, 4) is 0 Å². The number of furan rings is 1. The van der Waals surface area contributed by atoms with Gasteiger partial charge in [-0.25, -0.2) is 12.7 Å². The molecule has 1 N–H and O–H groups in total. The van der Waals surface area contributed by atoms with Gasteiger partial charge in [-0.1, -0.05) is 6.07 Å². The number of hydrogen-bond acceptors (Lipinski definition) is 5. The molecular weight excluding hydrogens is 376 g/mol. The molecule has 21 heavy (non-hydrogen) atoms. The molecule has 0 radical (unpaired) electrons. The van der Waals surface area contributed by atoms with Crippen LogP contribution < -0.4 is 5.32 Å². The third-order valence-electron chi connectivity index (χ3n) is 3.00. The van der Waals surface area contributed by atoms with E-state index in [1.54, 1.807) is 31.5 Å². The van der Waals surface area contributed by atoms with Gasteiger partial charge in [0.05, 0.1) is 6.54 Å². The summed E-state index contributed by atoms with van der Waals surface area (Å²) in [5.74, 6) is 0.578. The first kappa shape index (κ1) is 16.7. The Kier molecular flexibility index (Phi) is 5.61. The minimum atomic E-state index is -3.55. The highest BCUT2D eigenvalue weighted by Gasteiger charge is 2.26. The molecular formula is C13H17BrN2O3S2. The van der Waals surface area contributed by atoms with Crippen LogP contribution in [0.1, 0.15) is 10.6 Å². The van der Waals surface area contributed by atoms with Crippen molar-refractivity contribution in [3.63, 3.8) is 0 Å². The predicted molar refractivity (Wildman–Crippen MR) is 87.0 cm³/mol. The first-order valence-corrected chi connectivity index (χ1v) is 9.48. The Bertz CT molecular complexity index is 680. The fraction of sp³-hybridized carbons (Fsp3) is 0.385. The zero-order valence-electron chi connectivity index (χ0n) is 11.8. The van der Waals surface area contributed by atoms with Gasteiger partial charge in [-0.2, -0.15) is 0 Å². The number of nitrogens with zero attached hydrogens (tertiary/aromatic N) is 1. The maximum Gasteiger partial charge on any atom is 0.247 e. The molecule has 0 aliphatic heterocycles. The molecule has 0 amide bonds. The maximum atomic E-state index is 12.5. The van der Waals surface area contributed by atoms with Crippen molar-refractivity contribution in [2.45, 2.75) is 17.9 Å². The van der Waals surface area contributed by atoms with Gasteiger partial charge in [0.1, 0.15) is 10.7 Å². The van der Waals surface area contributed by atoms with Gasteiger partial charge < -0.3 is 9.73 Å². The minimum Gasteiger partial charge on any atom is -0.452 e. The lowest BCUT2D eigenvalue weighted by Gasteiger charge is -2.15. The van der Waals surface area contributed by atoms with Gasteiger partial charge >= 0.3 is 0 Å². The maximum absolute atomic E-state index is 12.5. The van der Waals surface area contributed by atoms with Crippen molar-refractivity contribution in [1.82, 2.24) is 9.62 Å². The molecule has 2 heterocycles. The number of sulfonamides is 1. The zero-order valence-corrected chi connectivity index (χ0v) is 15.0. The summed E-state index contributed by atoms with van der Waals surface area (Å²) in [5.41, 5.74) is 0. The number of nitrogens with one attached hydrogen (secondary N) is 1. The second kappa shape index (κ2) is 7.06. The predicted octanol–water partition coefficient (Wildman–Crippen LogP) is 2.69. The number of thiophene rings is 1. The summed E-state index contributed by atoms with van der Waals surface area (Å²) in [6, 6.07) is 5.52. The Balaban J connectivity index is 2.12. The summed E-state index contributed by atoms with van der Waals surface area (Å²) in [6.07, 6.45) is 0.701. The van der Waals surface area contributed by atoms with E-state index in [1.807, 2.05) is 17.5 Å². The Hall–Kier alpha value is -0.670. The highest BCUT2D eigenvalue weighted by Crippen LogP contribution is 2.28. The fourth-order valence-corrected chi connectivity index (χ4v) is 4.67. The Morgan fingerprint density at radius 1 is 1.48 bits per heavy atom. The molecule has 0 bridgehead atoms. The molecule has 2 rings (SSSR count). The van der Waals surface area contributed by atoms with E-state index in [0.717, 1.165) is 0 Å². The van der Waals surface area contributed by atoms with E-state index in [1.165, 1.54) is 9.18 Å². The summed E-state index contributed by atoms with van der Waals surface area (Å²) in [4.78, 5) is 1.33. The van der Waals surface area contributed by atoms with E-state index in [0.29, 0.717) is 25.3 Å². The molecule has 8 heteroatoms. The van der Waals surface area contributed by atoms with Crippen LogP contribution in [0.3, 0.4) is 0 Å². The number of rotatable bonds is 7. The van der Waals surface area contributed by atoms with Crippen molar-refractivity contribution < 1.29 is 12.8 Å². The van der Waals surface area contributed by atoms with Gasteiger partial charge in [0, 0.05) is 24.5 Å². The van der Waals surface area contributed by atoms with Crippen LogP contribution in [0, 0.1) is 0 Å². The molecule has 0 aliphatic carbocycles. The molecule has 0 spiro atoms. The molecule has 0 unspecified atom stereocenters. The van der Waals surface area contributed by atoms with Crippen LogP contribution >= 0.6 is 27.3 Å². The summed E-state index contributed by atoms with van der Waals surface area (Å²) in [5, 5.41) is 4.91. The highest BCUT2D eigenvalue weighted by molar-refractivity contribution is 9.10. The molecule has 0 saturated carbocycles. The third-order valence-corrected chi connectivity index (χ3v) is 6.65. The smallest absolute Gasteiger partial charge is 0.247 e. The molecule has 2 aromatic rings. The largest absolute Gasteiger partial charge is 0.452 e. The quantitative estimate of drug-likeness (QED) is 0.786. The molecule has 0 aromatic carbocycles. The SMILES string of the molecule is CNCc1cc(S(=O)(=O)N(C)CCc2cccs2)c(Br)o1. The van der Waals surface area contributed by atoms with Gasteiger partial charge in [0.25, 0.3) is 0 Å². The van der Waals surface area contributed by atoms with Crippen LogP contribution in [0.25, 0.3) is 0 Å². The normalized spacial score (nSPS) is 12.2. The number of halogens is 1. The second-order valence-corrected chi connectivity index (χ2v) is 8.30. The molecule has 2 aromatic heterocycles. The zero-order chi connectivity index (χ0) is 15.5. The van der Waals surface area contributed by atoms with E-state index in [-0.39, 0.29) is 9.56 Å². The summed E-state index contributed by atoms with van der Waals surface area (Å²) in [6.45, 7) is 0.912. The van der Waals surface area contributed by atoms with E-state index in [4.69, 9.17) is 4.42 Å². The van der Waals surface area contributed by atoms with Gasteiger partial charge in [0.15, 0.2) is 4.67 Å². The standard InChI is InChI=1S/C13H17BrN2O3S2/c1-15-9-10-8-12(13(14)19-10)21(17,18)16(2)6-5-11-4-3-7-20-11/h3-4,7-8,15H,5-6,9H2,1-2H3. The van der Waals surface area contributed by atoms with Crippen LogP contribution in [-0.4, -0.2) is 33.4 Å². The van der Waals surface area contributed by atoms with E-state index >= 15 is 0 Å². The molecule has 0 atom stereocenters. The third kappa shape index (κ3) is 3.95. The first-order valence-electron chi connectivity index (χ1n) is 6.36. The van der Waals surface area contributed by atoms with Crippen molar-refractivity contribution in [3.05, 3.63) is 38.9 Å². The van der Waals surface area contributed by atoms with Crippen molar-refractivity contribution in [2.75, 3.05) is 20.6 Å². The molecule has 116 valence electrons. The monoisotopic (exact) mass is 392 g/mol. The second-order valence-electron chi connectivity index (χ2n) is 4.54.